The van der Waals surface area contributed by atoms with Gasteiger partial charge in [0, 0.05) is 40.0 Å². The molecule has 3 N–H and O–H groups in total. The molecule has 8 nitrogen and oxygen atoms in total. The fourth-order valence-corrected chi connectivity index (χ4v) is 5.39. The standard InChI is InChI=1S/C24H20N6O2S/c25-22(31)15-5-2-1-4-14(15)20-12-19-21(33-20)24(30-8-10-32-11-9-30)28-23(27-19)16-6-3-7-18-17(16)13-26-29-18/h1-7,12-13H,8-11H2,(H2,25,31)(H,26,29). The van der Waals surface area contributed by atoms with Crippen molar-refractivity contribution in [1.29, 1.82) is 0 Å². The van der Waals surface area contributed by atoms with E-state index in [0.717, 1.165) is 56.0 Å². The minimum absolute atomic E-state index is 0.449. The molecule has 2 aromatic carbocycles. The molecule has 5 aromatic rings. The average Bonchev–Trinajstić information content (AvgIpc) is 3.51. The maximum atomic E-state index is 12.0. The summed E-state index contributed by atoms with van der Waals surface area (Å²) >= 11 is 1.58. The van der Waals surface area contributed by atoms with Crippen molar-refractivity contribution in [2.45, 2.75) is 0 Å². The zero-order valence-corrected chi connectivity index (χ0v) is 18.4. The van der Waals surface area contributed by atoms with Gasteiger partial charge in [0.15, 0.2) is 11.6 Å². The van der Waals surface area contributed by atoms with Gasteiger partial charge in [0.1, 0.15) is 0 Å². The van der Waals surface area contributed by atoms with E-state index in [9.17, 15) is 4.79 Å². The van der Waals surface area contributed by atoms with Gasteiger partial charge in [0.25, 0.3) is 0 Å². The zero-order chi connectivity index (χ0) is 22.4. The van der Waals surface area contributed by atoms with Crippen LogP contribution in [0.15, 0.2) is 54.7 Å². The number of H-pyrrole nitrogens is 1. The first kappa shape index (κ1) is 19.8. The van der Waals surface area contributed by atoms with Crippen LogP contribution in [0, 0.1) is 0 Å². The predicted octanol–water partition coefficient (Wildman–Crippen LogP) is 3.84. The molecule has 9 heteroatoms. The van der Waals surface area contributed by atoms with E-state index in [-0.39, 0.29) is 0 Å². The van der Waals surface area contributed by atoms with Gasteiger partial charge in [-0.3, -0.25) is 9.89 Å². The van der Waals surface area contributed by atoms with E-state index in [0.29, 0.717) is 24.6 Å². The highest BCUT2D eigenvalue weighted by Crippen LogP contribution is 2.40. The molecular weight excluding hydrogens is 436 g/mol. The molecule has 0 spiro atoms. The Morgan fingerprint density at radius 2 is 1.88 bits per heavy atom. The highest BCUT2D eigenvalue weighted by Gasteiger charge is 2.22. The van der Waals surface area contributed by atoms with Crippen molar-refractivity contribution in [1.82, 2.24) is 20.2 Å². The van der Waals surface area contributed by atoms with Crippen LogP contribution < -0.4 is 10.6 Å². The van der Waals surface area contributed by atoms with Crippen molar-refractivity contribution in [3.63, 3.8) is 0 Å². The molecule has 4 heterocycles. The number of nitrogens with zero attached hydrogens (tertiary/aromatic N) is 4. The number of hydrogen-bond acceptors (Lipinski definition) is 7. The second-order valence-electron chi connectivity index (χ2n) is 7.84. The number of hydrogen-bond donors (Lipinski definition) is 2. The van der Waals surface area contributed by atoms with Gasteiger partial charge in [-0.05, 0) is 18.2 Å². The maximum absolute atomic E-state index is 12.0. The van der Waals surface area contributed by atoms with Crippen LogP contribution in [-0.4, -0.2) is 52.4 Å². The van der Waals surface area contributed by atoms with Crippen LogP contribution in [0.5, 0.6) is 0 Å². The topological polar surface area (TPSA) is 110 Å². The third kappa shape index (κ3) is 3.42. The minimum atomic E-state index is -0.449. The Morgan fingerprint density at radius 1 is 1.06 bits per heavy atom. The lowest BCUT2D eigenvalue weighted by Crippen LogP contribution is -2.36. The first-order chi connectivity index (χ1) is 16.2. The molecule has 33 heavy (non-hydrogen) atoms. The molecular formula is C24H20N6O2S. The Balaban J connectivity index is 1.59. The lowest BCUT2D eigenvalue weighted by Gasteiger charge is -2.28. The molecule has 6 rings (SSSR count). The molecule has 1 aliphatic heterocycles. The Labute approximate surface area is 193 Å². The van der Waals surface area contributed by atoms with Crippen LogP contribution in [0.4, 0.5) is 5.82 Å². The van der Waals surface area contributed by atoms with Crippen molar-refractivity contribution in [3.8, 4) is 21.8 Å². The van der Waals surface area contributed by atoms with Gasteiger partial charge >= 0.3 is 0 Å². The van der Waals surface area contributed by atoms with Gasteiger partial charge in [0.05, 0.1) is 35.1 Å². The maximum Gasteiger partial charge on any atom is 0.249 e. The molecule has 0 saturated carbocycles. The lowest BCUT2D eigenvalue weighted by atomic mass is 10.1. The Morgan fingerprint density at radius 3 is 2.73 bits per heavy atom. The largest absolute Gasteiger partial charge is 0.378 e. The second-order valence-corrected chi connectivity index (χ2v) is 8.89. The Hall–Kier alpha value is -3.82. The Bertz CT molecular complexity index is 1500. The number of carbonyl (C=O) groups is 1. The summed E-state index contributed by atoms with van der Waals surface area (Å²) in [6.07, 6.45) is 1.80. The molecule has 0 atom stereocenters. The number of nitrogens with one attached hydrogen (secondary N) is 1. The lowest BCUT2D eigenvalue weighted by molar-refractivity contribution is 0.100. The molecule has 0 aliphatic carbocycles. The van der Waals surface area contributed by atoms with Crippen LogP contribution >= 0.6 is 11.3 Å². The quantitative estimate of drug-likeness (QED) is 0.425. The number of primary amides is 1. The predicted molar refractivity (Wildman–Crippen MR) is 129 cm³/mol. The van der Waals surface area contributed by atoms with E-state index < -0.39 is 5.91 Å². The van der Waals surface area contributed by atoms with Crippen LogP contribution in [0.25, 0.3) is 42.9 Å². The Kier molecular flexibility index (Phi) is 4.78. The molecule has 0 radical (unpaired) electrons. The number of rotatable bonds is 4. The van der Waals surface area contributed by atoms with E-state index in [1.54, 1.807) is 23.6 Å². The van der Waals surface area contributed by atoms with Gasteiger partial charge in [-0.2, -0.15) is 5.10 Å². The summed E-state index contributed by atoms with van der Waals surface area (Å²) in [6.45, 7) is 2.82. The van der Waals surface area contributed by atoms with Crippen molar-refractivity contribution >= 4 is 44.2 Å². The number of fused-ring (bicyclic) bond motifs is 2. The van der Waals surface area contributed by atoms with Crippen molar-refractivity contribution in [3.05, 3.63) is 60.3 Å². The first-order valence-corrected chi connectivity index (χ1v) is 11.5. The number of aromatic amines is 1. The average molecular weight is 457 g/mol. The van der Waals surface area contributed by atoms with E-state index in [1.807, 2.05) is 42.5 Å². The number of thiophene rings is 1. The summed E-state index contributed by atoms with van der Waals surface area (Å²) in [5.74, 6) is 1.07. The second kappa shape index (κ2) is 7.95. The van der Waals surface area contributed by atoms with Gasteiger partial charge in [0.2, 0.25) is 5.91 Å². The third-order valence-electron chi connectivity index (χ3n) is 5.85. The number of amides is 1. The normalized spacial score (nSPS) is 14.2. The summed E-state index contributed by atoms with van der Waals surface area (Å²) in [4.78, 5) is 25.2. The molecule has 3 aromatic heterocycles. The van der Waals surface area contributed by atoms with Gasteiger partial charge in [-0.25, -0.2) is 9.97 Å². The smallest absolute Gasteiger partial charge is 0.249 e. The summed E-state index contributed by atoms with van der Waals surface area (Å²) in [5, 5.41) is 8.17. The van der Waals surface area contributed by atoms with E-state index in [1.165, 1.54) is 0 Å². The molecule has 1 fully saturated rings. The molecule has 1 amide bonds. The highest BCUT2D eigenvalue weighted by molar-refractivity contribution is 7.22. The summed E-state index contributed by atoms with van der Waals surface area (Å²) in [7, 11) is 0. The SMILES string of the molecule is NC(=O)c1ccccc1-c1cc2nc(-c3cccc4[nH]ncc34)nc(N3CCOCC3)c2s1. The number of aromatic nitrogens is 4. The van der Waals surface area contributed by atoms with Crippen molar-refractivity contribution < 1.29 is 9.53 Å². The monoisotopic (exact) mass is 456 g/mol. The minimum Gasteiger partial charge on any atom is -0.378 e. The highest BCUT2D eigenvalue weighted by atomic mass is 32.1. The summed E-state index contributed by atoms with van der Waals surface area (Å²) in [5.41, 5.74) is 9.63. The molecule has 1 saturated heterocycles. The fourth-order valence-electron chi connectivity index (χ4n) is 4.23. The number of nitrogens with two attached hydrogens (primary N) is 1. The van der Waals surface area contributed by atoms with Gasteiger partial charge in [-0.15, -0.1) is 11.3 Å². The van der Waals surface area contributed by atoms with Crippen LogP contribution in [0.3, 0.4) is 0 Å². The van der Waals surface area contributed by atoms with Crippen LogP contribution in [0.1, 0.15) is 10.4 Å². The molecule has 164 valence electrons. The number of ether oxygens (including phenoxy) is 1. The molecule has 0 unspecified atom stereocenters. The zero-order valence-electron chi connectivity index (χ0n) is 17.6. The molecule has 1 aliphatic rings. The number of carbonyl (C=O) groups excluding carboxylic acids is 1. The fraction of sp³-hybridized carbons (Fsp3) is 0.167. The summed E-state index contributed by atoms with van der Waals surface area (Å²) in [6, 6.07) is 15.4. The number of benzene rings is 2. The van der Waals surface area contributed by atoms with Crippen molar-refractivity contribution in [2.75, 3.05) is 31.2 Å². The van der Waals surface area contributed by atoms with E-state index in [4.69, 9.17) is 20.4 Å². The number of anilines is 1. The first-order valence-electron chi connectivity index (χ1n) is 10.6. The van der Waals surface area contributed by atoms with Crippen molar-refractivity contribution in [2.24, 2.45) is 5.73 Å². The van der Waals surface area contributed by atoms with Gasteiger partial charge < -0.3 is 15.4 Å². The van der Waals surface area contributed by atoms with E-state index in [2.05, 4.69) is 15.1 Å². The van der Waals surface area contributed by atoms with Crippen LogP contribution in [0.2, 0.25) is 0 Å². The summed E-state index contributed by atoms with van der Waals surface area (Å²) < 4.78 is 6.55. The number of morpholine rings is 1. The van der Waals surface area contributed by atoms with Gasteiger partial charge in [-0.1, -0.05) is 30.3 Å². The van der Waals surface area contributed by atoms with E-state index >= 15 is 0 Å². The molecule has 0 bridgehead atoms. The van der Waals surface area contributed by atoms with Crippen LogP contribution in [-0.2, 0) is 4.74 Å². The third-order valence-corrected chi connectivity index (χ3v) is 7.00.